The van der Waals surface area contributed by atoms with Crippen molar-refractivity contribution in [3.8, 4) is 0 Å². The van der Waals surface area contributed by atoms with Gasteiger partial charge < -0.3 is 11.1 Å². The molecule has 0 bridgehead atoms. The third kappa shape index (κ3) is 6.11. The summed E-state index contributed by atoms with van der Waals surface area (Å²) in [7, 11) is 0. The smallest absolute Gasteiger partial charge is 0.220 e. The van der Waals surface area contributed by atoms with Crippen LogP contribution in [0.4, 0.5) is 4.39 Å². The number of nitrogens with two attached hydrogens (primary N) is 1. The Morgan fingerprint density at radius 2 is 2.04 bits per heavy atom. The van der Waals surface area contributed by atoms with Gasteiger partial charge in [-0.1, -0.05) is 38.3 Å². The highest BCUT2D eigenvalue weighted by molar-refractivity contribution is 5.85. The van der Waals surface area contributed by atoms with E-state index in [-0.39, 0.29) is 36.1 Å². The Labute approximate surface area is 144 Å². The van der Waals surface area contributed by atoms with Crippen molar-refractivity contribution in [3.63, 3.8) is 0 Å². The second-order valence-electron chi connectivity index (χ2n) is 6.47. The second-order valence-corrected chi connectivity index (χ2v) is 6.47. The highest BCUT2D eigenvalue weighted by atomic mass is 35.5. The first kappa shape index (κ1) is 19.9. The topological polar surface area (TPSA) is 55.1 Å². The van der Waals surface area contributed by atoms with E-state index in [4.69, 9.17) is 5.73 Å². The Hall–Kier alpha value is -1.13. The van der Waals surface area contributed by atoms with E-state index in [2.05, 4.69) is 5.32 Å². The van der Waals surface area contributed by atoms with Crippen LogP contribution in [-0.4, -0.2) is 18.5 Å². The van der Waals surface area contributed by atoms with Crippen molar-refractivity contribution >= 4 is 18.3 Å². The van der Waals surface area contributed by atoms with Crippen LogP contribution in [0.2, 0.25) is 0 Å². The van der Waals surface area contributed by atoms with Gasteiger partial charge in [0, 0.05) is 19.0 Å². The molecular formula is C18H28ClFN2O. The van der Waals surface area contributed by atoms with Crippen LogP contribution in [0.3, 0.4) is 0 Å². The standard InChI is InChI=1S/C18H27FN2O.ClH/c1-13(15-8-5-9-16(19)11-15)10-18(22)21-17(12-20)14-6-3-2-4-7-14;/h5,8-9,11,13-14,17H,2-4,6-7,10,12,20H2,1H3,(H,21,22);1H. The molecule has 0 heterocycles. The van der Waals surface area contributed by atoms with Crippen molar-refractivity contribution in [2.45, 2.75) is 57.4 Å². The molecule has 0 radical (unpaired) electrons. The zero-order valence-electron chi connectivity index (χ0n) is 13.8. The lowest BCUT2D eigenvalue weighted by Gasteiger charge is -2.30. The van der Waals surface area contributed by atoms with E-state index in [1.54, 1.807) is 6.07 Å². The molecule has 0 saturated heterocycles. The SMILES string of the molecule is CC(CC(=O)NC(CN)C1CCCCC1)c1cccc(F)c1.Cl. The number of amides is 1. The van der Waals surface area contributed by atoms with E-state index in [9.17, 15) is 9.18 Å². The Bertz CT molecular complexity index is 492. The molecule has 1 saturated carbocycles. The number of carbonyl (C=O) groups is 1. The fourth-order valence-corrected chi connectivity index (χ4v) is 3.38. The zero-order chi connectivity index (χ0) is 15.9. The lowest BCUT2D eigenvalue weighted by molar-refractivity contribution is -0.122. The van der Waals surface area contributed by atoms with Gasteiger partial charge in [-0.2, -0.15) is 0 Å². The Balaban J connectivity index is 0.00000264. The van der Waals surface area contributed by atoms with Crippen LogP contribution < -0.4 is 11.1 Å². The van der Waals surface area contributed by atoms with E-state index in [0.717, 1.165) is 18.4 Å². The third-order valence-corrected chi connectivity index (χ3v) is 4.73. The number of hydrogen-bond acceptors (Lipinski definition) is 2. The highest BCUT2D eigenvalue weighted by Gasteiger charge is 2.24. The van der Waals surface area contributed by atoms with E-state index < -0.39 is 0 Å². The van der Waals surface area contributed by atoms with Gasteiger partial charge in [0.1, 0.15) is 5.82 Å². The fraction of sp³-hybridized carbons (Fsp3) is 0.611. The van der Waals surface area contributed by atoms with Gasteiger partial charge in [0.05, 0.1) is 0 Å². The quantitative estimate of drug-likeness (QED) is 0.826. The molecule has 1 fully saturated rings. The lowest BCUT2D eigenvalue weighted by Crippen LogP contribution is -2.46. The van der Waals surface area contributed by atoms with Crippen LogP contribution in [0.25, 0.3) is 0 Å². The summed E-state index contributed by atoms with van der Waals surface area (Å²) in [5, 5.41) is 3.09. The first-order valence-electron chi connectivity index (χ1n) is 8.35. The summed E-state index contributed by atoms with van der Waals surface area (Å²) in [4.78, 5) is 12.3. The van der Waals surface area contributed by atoms with Crippen LogP contribution in [0.1, 0.15) is 56.9 Å². The van der Waals surface area contributed by atoms with Crippen LogP contribution in [0.5, 0.6) is 0 Å². The van der Waals surface area contributed by atoms with Crippen molar-refractivity contribution in [2.75, 3.05) is 6.54 Å². The van der Waals surface area contributed by atoms with Crippen LogP contribution >= 0.6 is 12.4 Å². The predicted molar refractivity (Wildman–Crippen MR) is 94.2 cm³/mol. The first-order valence-corrected chi connectivity index (χ1v) is 8.35. The maximum Gasteiger partial charge on any atom is 0.220 e. The maximum absolute atomic E-state index is 13.3. The summed E-state index contributed by atoms with van der Waals surface area (Å²) in [6.07, 6.45) is 6.43. The Morgan fingerprint density at radius 3 is 2.65 bits per heavy atom. The minimum atomic E-state index is -0.258. The molecule has 0 aliphatic heterocycles. The van der Waals surface area contributed by atoms with E-state index in [0.29, 0.717) is 18.9 Å². The van der Waals surface area contributed by atoms with Gasteiger partial charge in [-0.3, -0.25) is 4.79 Å². The number of nitrogens with one attached hydrogen (secondary N) is 1. The average Bonchev–Trinajstić information content (AvgIpc) is 2.53. The van der Waals surface area contributed by atoms with Gasteiger partial charge >= 0.3 is 0 Å². The Kier molecular flexibility index (Phi) is 8.56. The monoisotopic (exact) mass is 342 g/mol. The molecule has 3 nitrogen and oxygen atoms in total. The number of hydrogen-bond donors (Lipinski definition) is 2. The molecule has 2 atom stereocenters. The maximum atomic E-state index is 13.3. The molecule has 1 amide bonds. The summed E-state index contributed by atoms with van der Waals surface area (Å²) in [6, 6.07) is 6.54. The second kappa shape index (κ2) is 9.89. The largest absolute Gasteiger partial charge is 0.352 e. The Morgan fingerprint density at radius 1 is 1.35 bits per heavy atom. The zero-order valence-corrected chi connectivity index (χ0v) is 14.6. The number of benzene rings is 1. The molecule has 1 aliphatic rings. The van der Waals surface area contributed by atoms with Gasteiger partial charge in [0.15, 0.2) is 0 Å². The summed E-state index contributed by atoms with van der Waals surface area (Å²) < 4.78 is 13.3. The molecule has 23 heavy (non-hydrogen) atoms. The minimum Gasteiger partial charge on any atom is -0.352 e. The van der Waals surface area contributed by atoms with Crippen LogP contribution in [0.15, 0.2) is 24.3 Å². The lowest BCUT2D eigenvalue weighted by atomic mass is 9.83. The van der Waals surface area contributed by atoms with Gasteiger partial charge in [-0.15, -0.1) is 12.4 Å². The molecule has 3 N–H and O–H groups in total. The number of carbonyl (C=O) groups excluding carboxylic acids is 1. The van der Waals surface area contributed by atoms with E-state index >= 15 is 0 Å². The van der Waals surface area contributed by atoms with Crippen LogP contribution in [0, 0.1) is 11.7 Å². The van der Waals surface area contributed by atoms with Crippen molar-refractivity contribution in [1.82, 2.24) is 5.32 Å². The predicted octanol–water partition coefficient (Wildman–Crippen LogP) is 3.76. The minimum absolute atomic E-state index is 0. The summed E-state index contributed by atoms with van der Waals surface area (Å²) in [5.74, 6) is 0.261. The first-order chi connectivity index (χ1) is 10.6. The molecule has 5 heteroatoms. The van der Waals surface area contributed by atoms with E-state index in [1.165, 1.54) is 31.4 Å². The van der Waals surface area contributed by atoms with Gasteiger partial charge in [-0.05, 0) is 42.4 Å². The molecule has 1 aromatic rings. The fourth-order valence-electron chi connectivity index (χ4n) is 3.38. The van der Waals surface area contributed by atoms with Gasteiger partial charge in [0.25, 0.3) is 0 Å². The van der Waals surface area contributed by atoms with Crippen molar-refractivity contribution in [1.29, 1.82) is 0 Å². The molecule has 2 rings (SSSR count). The normalized spacial score (nSPS) is 17.9. The van der Waals surface area contributed by atoms with E-state index in [1.807, 2.05) is 13.0 Å². The summed E-state index contributed by atoms with van der Waals surface area (Å²) >= 11 is 0. The van der Waals surface area contributed by atoms with Crippen molar-refractivity contribution in [3.05, 3.63) is 35.6 Å². The summed E-state index contributed by atoms with van der Waals surface area (Å²) in [5.41, 5.74) is 6.71. The molecule has 1 aromatic carbocycles. The molecule has 130 valence electrons. The van der Waals surface area contributed by atoms with Crippen molar-refractivity contribution in [2.24, 2.45) is 11.7 Å². The molecular weight excluding hydrogens is 315 g/mol. The molecule has 1 aliphatic carbocycles. The number of rotatable bonds is 6. The van der Waals surface area contributed by atoms with Crippen molar-refractivity contribution < 1.29 is 9.18 Å². The van der Waals surface area contributed by atoms with Crippen LogP contribution in [-0.2, 0) is 4.79 Å². The third-order valence-electron chi connectivity index (χ3n) is 4.73. The average molecular weight is 343 g/mol. The van der Waals surface area contributed by atoms with Gasteiger partial charge in [-0.25, -0.2) is 4.39 Å². The molecule has 0 spiro atoms. The van der Waals surface area contributed by atoms with Gasteiger partial charge in [0.2, 0.25) is 5.91 Å². The number of halogens is 2. The highest BCUT2D eigenvalue weighted by Crippen LogP contribution is 2.26. The summed E-state index contributed by atoms with van der Waals surface area (Å²) in [6.45, 7) is 2.44. The molecule has 0 aromatic heterocycles. The molecule has 2 unspecified atom stereocenters.